The molecular formula is C17H34N2. The van der Waals surface area contributed by atoms with E-state index < -0.39 is 0 Å². The Balaban J connectivity index is 1.95. The average Bonchev–Trinajstić information content (AvgIpc) is 2.84. The van der Waals surface area contributed by atoms with Gasteiger partial charge in [0.1, 0.15) is 0 Å². The molecule has 2 N–H and O–H groups in total. The quantitative estimate of drug-likeness (QED) is 0.760. The number of hydrogen-bond acceptors (Lipinski definition) is 2. The standard InChI is InChI=1S/C17H34N2/c18-14-9-15-19(16-10-5-1-2-6-11-16)17-12-7-3-4-8-13-17/h16-17H,1-15,18H2. The summed E-state index contributed by atoms with van der Waals surface area (Å²) in [6, 6.07) is 1.74. The Morgan fingerprint density at radius 1 is 0.684 bits per heavy atom. The lowest BCUT2D eigenvalue weighted by molar-refractivity contribution is 0.108. The Bertz CT molecular complexity index is 193. The zero-order valence-corrected chi connectivity index (χ0v) is 12.8. The third kappa shape index (κ3) is 5.07. The molecule has 0 aromatic rings. The largest absolute Gasteiger partial charge is 0.330 e. The van der Waals surface area contributed by atoms with Gasteiger partial charge in [0, 0.05) is 12.1 Å². The monoisotopic (exact) mass is 266 g/mol. The lowest BCUT2D eigenvalue weighted by atomic mass is 9.99. The van der Waals surface area contributed by atoms with Gasteiger partial charge < -0.3 is 5.73 Å². The first-order chi connectivity index (χ1) is 9.42. The van der Waals surface area contributed by atoms with Crippen molar-refractivity contribution in [1.29, 1.82) is 0 Å². The molecule has 0 saturated heterocycles. The summed E-state index contributed by atoms with van der Waals surface area (Å²) in [5.41, 5.74) is 5.77. The second-order valence-corrected chi connectivity index (χ2v) is 6.67. The second kappa shape index (κ2) is 8.97. The molecule has 0 aromatic heterocycles. The fraction of sp³-hybridized carbons (Fsp3) is 1.00. The van der Waals surface area contributed by atoms with Gasteiger partial charge in [0.05, 0.1) is 0 Å². The van der Waals surface area contributed by atoms with Gasteiger partial charge in [0.25, 0.3) is 0 Å². The van der Waals surface area contributed by atoms with Crippen LogP contribution in [0.1, 0.15) is 83.5 Å². The fourth-order valence-corrected chi connectivity index (χ4v) is 4.12. The molecule has 2 nitrogen and oxygen atoms in total. The van der Waals surface area contributed by atoms with Gasteiger partial charge in [-0.05, 0) is 45.2 Å². The SMILES string of the molecule is NCCCN(C1CCCCCC1)C1CCCCCC1. The van der Waals surface area contributed by atoms with Gasteiger partial charge in [-0.15, -0.1) is 0 Å². The molecule has 0 bridgehead atoms. The highest BCUT2D eigenvalue weighted by atomic mass is 15.2. The molecule has 0 radical (unpaired) electrons. The molecule has 2 aliphatic carbocycles. The van der Waals surface area contributed by atoms with Crippen LogP contribution in [0, 0.1) is 0 Å². The maximum Gasteiger partial charge on any atom is 0.00982 e. The Labute approximate surface area is 120 Å². The molecule has 0 aliphatic heterocycles. The molecule has 0 aromatic carbocycles. The van der Waals surface area contributed by atoms with E-state index in [1.165, 1.54) is 90.0 Å². The summed E-state index contributed by atoms with van der Waals surface area (Å²) in [7, 11) is 0. The van der Waals surface area contributed by atoms with Gasteiger partial charge in [0.2, 0.25) is 0 Å². The lowest BCUT2D eigenvalue weighted by Gasteiger charge is -2.38. The van der Waals surface area contributed by atoms with E-state index in [9.17, 15) is 0 Å². The summed E-state index contributed by atoms with van der Waals surface area (Å²) in [6.45, 7) is 2.11. The third-order valence-electron chi connectivity index (χ3n) is 5.21. The van der Waals surface area contributed by atoms with Crippen molar-refractivity contribution in [3.05, 3.63) is 0 Å². The average molecular weight is 266 g/mol. The first-order valence-electron chi connectivity index (χ1n) is 8.87. The summed E-state index contributed by atoms with van der Waals surface area (Å²) in [5.74, 6) is 0. The van der Waals surface area contributed by atoms with E-state index >= 15 is 0 Å². The minimum absolute atomic E-state index is 0.857. The molecule has 0 spiro atoms. The molecule has 2 aliphatic rings. The summed E-state index contributed by atoms with van der Waals surface area (Å²) in [6.07, 6.45) is 18.6. The van der Waals surface area contributed by atoms with Crippen LogP contribution in [0.5, 0.6) is 0 Å². The van der Waals surface area contributed by atoms with Crippen LogP contribution in [0.4, 0.5) is 0 Å². The molecule has 2 heteroatoms. The van der Waals surface area contributed by atoms with Crippen molar-refractivity contribution in [2.24, 2.45) is 5.73 Å². The van der Waals surface area contributed by atoms with E-state index in [2.05, 4.69) is 4.90 Å². The van der Waals surface area contributed by atoms with Crippen LogP contribution in [0.3, 0.4) is 0 Å². The Hall–Kier alpha value is -0.0800. The predicted octanol–water partition coefficient (Wildman–Crippen LogP) is 4.08. The van der Waals surface area contributed by atoms with Crippen molar-refractivity contribution in [1.82, 2.24) is 4.90 Å². The number of nitrogens with zero attached hydrogens (tertiary/aromatic N) is 1. The van der Waals surface area contributed by atoms with E-state index in [4.69, 9.17) is 5.73 Å². The van der Waals surface area contributed by atoms with Crippen LogP contribution < -0.4 is 5.73 Å². The predicted molar refractivity (Wildman–Crippen MR) is 83.4 cm³/mol. The molecule has 0 atom stereocenters. The minimum Gasteiger partial charge on any atom is -0.330 e. The molecule has 0 unspecified atom stereocenters. The van der Waals surface area contributed by atoms with Crippen LogP contribution in [0.2, 0.25) is 0 Å². The van der Waals surface area contributed by atoms with E-state index in [-0.39, 0.29) is 0 Å². The maximum absolute atomic E-state index is 5.77. The molecule has 19 heavy (non-hydrogen) atoms. The molecule has 2 saturated carbocycles. The third-order valence-corrected chi connectivity index (χ3v) is 5.21. The minimum atomic E-state index is 0.857. The maximum atomic E-state index is 5.77. The van der Waals surface area contributed by atoms with Crippen molar-refractivity contribution in [2.45, 2.75) is 95.6 Å². The highest BCUT2D eigenvalue weighted by Crippen LogP contribution is 2.29. The van der Waals surface area contributed by atoms with Crippen LogP contribution in [0.25, 0.3) is 0 Å². The van der Waals surface area contributed by atoms with E-state index in [1.54, 1.807) is 0 Å². The van der Waals surface area contributed by atoms with Crippen molar-refractivity contribution in [2.75, 3.05) is 13.1 Å². The van der Waals surface area contributed by atoms with Gasteiger partial charge in [-0.3, -0.25) is 4.90 Å². The summed E-state index contributed by atoms with van der Waals surface area (Å²) in [4.78, 5) is 2.89. The van der Waals surface area contributed by atoms with Gasteiger partial charge in [-0.1, -0.05) is 51.4 Å². The Morgan fingerprint density at radius 3 is 1.47 bits per heavy atom. The Morgan fingerprint density at radius 2 is 1.11 bits per heavy atom. The summed E-state index contributed by atoms with van der Waals surface area (Å²) in [5, 5.41) is 0. The van der Waals surface area contributed by atoms with Crippen molar-refractivity contribution >= 4 is 0 Å². The fourth-order valence-electron chi connectivity index (χ4n) is 4.12. The van der Waals surface area contributed by atoms with E-state index in [0.717, 1.165) is 18.6 Å². The molecular weight excluding hydrogens is 232 g/mol. The van der Waals surface area contributed by atoms with Crippen LogP contribution in [-0.2, 0) is 0 Å². The van der Waals surface area contributed by atoms with Crippen molar-refractivity contribution in [3.63, 3.8) is 0 Å². The highest BCUT2D eigenvalue weighted by molar-refractivity contribution is 4.82. The zero-order chi connectivity index (χ0) is 13.3. The van der Waals surface area contributed by atoms with Gasteiger partial charge in [0.15, 0.2) is 0 Å². The smallest absolute Gasteiger partial charge is 0.00982 e. The van der Waals surface area contributed by atoms with Crippen molar-refractivity contribution in [3.8, 4) is 0 Å². The topological polar surface area (TPSA) is 29.3 Å². The molecule has 2 rings (SSSR count). The van der Waals surface area contributed by atoms with Gasteiger partial charge in [-0.2, -0.15) is 0 Å². The van der Waals surface area contributed by atoms with Crippen LogP contribution in [0.15, 0.2) is 0 Å². The molecule has 2 fully saturated rings. The highest BCUT2D eigenvalue weighted by Gasteiger charge is 2.26. The number of nitrogens with two attached hydrogens (primary N) is 1. The number of rotatable bonds is 5. The van der Waals surface area contributed by atoms with Crippen molar-refractivity contribution < 1.29 is 0 Å². The molecule has 112 valence electrons. The normalized spacial score (nSPS) is 24.3. The van der Waals surface area contributed by atoms with E-state index in [0.29, 0.717) is 0 Å². The summed E-state index contributed by atoms with van der Waals surface area (Å²) >= 11 is 0. The second-order valence-electron chi connectivity index (χ2n) is 6.67. The number of hydrogen-bond donors (Lipinski definition) is 1. The van der Waals surface area contributed by atoms with Crippen LogP contribution >= 0.6 is 0 Å². The van der Waals surface area contributed by atoms with Gasteiger partial charge in [-0.25, -0.2) is 0 Å². The Kier molecular flexibility index (Phi) is 7.23. The zero-order valence-electron chi connectivity index (χ0n) is 12.8. The van der Waals surface area contributed by atoms with Gasteiger partial charge >= 0.3 is 0 Å². The first-order valence-corrected chi connectivity index (χ1v) is 8.87. The summed E-state index contributed by atoms with van der Waals surface area (Å²) < 4.78 is 0. The first kappa shape index (κ1) is 15.3. The van der Waals surface area contributed by atoms with E-state index in [1.807, 2.05) is 0 Å². The molecule has 0 amide bonds. The lowest BCUT2D eigenvalue weighted by Crippen LogP contribution is -2.44. The molecule has 0 heterocycles. The van der Waals surface area contributed by atoms with Crippen LogP contribution in [-0.4, -0.2) is 30.1 Å².